The van der Waals surface area contributed by atoms with Crippen LogP contribution in [0, 0.1) is 5.92 Å². The molecule has 0 heterocycles. The number of esters is 1. The van der Waals surface area contributed by atoms with Crippen LogP contribution in [0.25, 0.3) is 0 Å². The maximum absolute atomic E-state index is 11.1. The molecule has 0 aromatic heterocycles. The van der Waals surface area contributed by atoms with Crippen LogP contribution in [0.3, 0.4) is 0 Å². The predicted molar refractivity (Wildman–Crippen MR) is 41.9 cm³/mol. The molecule has 11 heavy (non-hydrogen) atoms. The average molecular weight is 157 g/mol. The van der Waals surface area contributed by atoms with E-state index in [1.807, 2.05) is 6.92 Å². The predicted octanol–water partition coefficient (Wildman–Crippen LogP) is 0.677. The fourth-order valence-electron chi connectivity index (χ4n) is 1.49. The van der Waals surface area contributed by atoms with E-state index in [1.54, 1.807) is 0 Å². The highest BCUT2D eigenvalue weighted by Gasteiger charge is 2.28. The van der Waals surface area contributed by atoms with Crippen LogP contribution < -0.4 is 5.73 Å². The molecule has 1 rings (SSSR count). The van der Waals surface area contributed by atoms with Gasteiger partial charge in [0.2, 0.25) is 0 Å². The van der Waals surface area contributed by atoms with Gasteiger partial charge >= 0.3 is 5.97 Å². The summed E-state index contributed by atoms with van der Waals surface area (Å²) in [5, 5.41) is 0. The Hall–Kier alpha value is -0.570. The molecular formula is C8H15NO2. The van der Waals surface area contributed by atoms with Crippen molar-refractivity contribution in [3.8, 4) is 0 Å². The Morgan fingerprint density at radius 2 is 2.36 bits per heavy atom. The van der Waals surface area contributed by atoms with Gasteiger partial charge in [-0.15, -0.1) is 0 Å². The van der Waals surface area contributed by atoms with E-state index in [2.05, 4.69) is 0 Å². The minimum Gasteiger partial charge on any atom is -0.466 e. The van der Waals surface area contributed by atoms with E-state index in [-0.39, 0.29) is 17.9 Å². The molecule has 3 nitrogen and oxygen atoms in total. The smallest absolute Gasteiger partial charge is 0.308 e. The Balaban J connectivity index is 2.31. The van der Waals surface area contributed by atoms with Gasteiger partial charge in [0.1, 0.15) is 0 Å². The lowest BCUT2D eigenvalue weighted by atomic mass is 10.1. The van der Waals surface area contributed by atoms with Crippen molar-refractivity contribution in [2.24, 2.45) is 11.7 Å². The van der Waals surface area contributed by atoms with Crippen LogP contribution in [0.5, 0.6) is 0 Å². The molecule has 2 atom stereocenters. The van der Waals surface area contributed by atoms with Crippen molar-refractivity contribution in [2.45, 2.75) is 32.2 Å². The Kier molecular flexibility index (Phi) is 2.88. The normalized spacial score (nSPS) is 30.4. The van der Waals surface area contributed by atoms with Crippen molar-refractivity contribution in [3.63, 3.8) is 0 Å². The van der Waals surface area contributed by atoms with Crippen molar-refractivity contribution in [3.05, 3.63) is 0 Å². The van der Waals surface area contributed by atoms with Crippen LogP contribution in [-0.4, -0.2) is 18.6 Å². The summed E-state index contributed by atoms with van der Waals surface area (Å²) in [7, 11) is 0. The standard InChI is InChI=1S/C8H15NO2/c1-2-11-8(10)6-3-4-7(9)5-6/h6-7H,2-5,9H2,1H3/t6-,7-/m0/s1. The van der Waals surface area contributed by atoms with Gasteiger partial charge in [-0.2, -0.15) is 0 Å². The highest BCUT2D eigenvalue weighted by molar-refractivity contribution is 5.72. The first kappa shape index (κ1) is 8.53. The van der Waals surface area contributed by atoms with Crippen molar-refractivity contribution >= 4 is 5.97 Å². The first-order chi connectivity index (χ1) is 5.24. The zero-order valence-corrected chi connectivity index (χ0v) is 6.88. The van der Waals surface area contributed by atoms with Crippen molar-refractivity contribution in [2.75, 3.05) is 6.61 Å². The monoisotopic (exact) mass is 157 g/mol. The third-order valence-electron chi connectivity index (χ3n) is 2.09. The molecule has 0 spiro atoms. The van der Waals surface area contributed by atoms with E-state index >= 15 is 0 Å². The molecule has 0 aliphatic heterocycles. The Bertz CT molecular complexity index is 147. The van der Waals surface area contributed by atoms with E-state index in [4.69, 9.17) is 10.5 Å². The Morgan fingerprint density at radius 1 is 1.64 bits per heavy atom. The Labute approximate surface area is 66.9 Å². The maximum Gasteiger partial charge on any atom is 0.308 e. The highest BCUT2D eigenvalue weighted by Crippen LogP contribution is 2.24. The number of hydrogen-bond donors (Lipinski definition) is 1. The first-order valence-corrected chi connectivity index (χ1v) is 4.16. The summed E-state index contributed by atoms with van der Waals surface area (Å²) in [6.07, 6.45) is 2.67. The van der Waals surface area contributed by atoms with E-state index in [1.165, 1.54) is 0 Å². The molecule has 0 aromatic rings. The lowest BCUT2D eigenvalue weighted by molar-refractivity contribution is -0.147. The van der Waals surface area contributed by atoms with Gasteiger partial charge in [-0.05, 0) is 26.2 Å². The minimum absolute atomic E-state index is 0.0690. The average Bonchev–Trinajstić information content (AvgIpc) is 2.36. The number of ether oxygens (including phenoxy) is 1. The summed E-state index contributed by atoms with van der Waals surface area (Å²) < 4.78 is 4.88. The largest absolute Gasteiger partial charge is 0.466 e. The molecule has 0 unspecified atom stereocenters. The van der Waals surface area contributed by atoms with E-state index in [9.17, 15) is 4.79 Å². The van der Waals surface area contributed by atoms with Crippen molar-refractivity contribution < 1.29 is 9.53 Å². The van der Waals surface area contributed by atoms with E-state index < -0.39 is 0 Å². The molecule has 0 radical (unpaired) electrons. The van der Waals surface area contributed by atoms with Gasteiger partial charge in [-0.1, -0.05) is 0 Å². The molecular weight excluding hydrogens is 142 g/mol. The Morgan fingerprint density at radius 3 is 2.82 bits per heavy atom. The second-order valence-electron chi connectivity index (χ2n) is 3.02. The highest BCUT2D eigenvalue weighted by atomic mass is 16.5. The number of carbonyl (C=O) groups excluding carboxylic acids is 1. The third-order valence-corrected chi connectivity index (χ3v) is 2.09. The van der Waals surface area contributed by atoms with E-state index in [0.29, 0.717) is 6.61 Å². The second kappa shape index (κ2) is 3.72. The van der Waals surface area contributed by atoms with Gasteiger partial charge in [0.05, 0.1) is 12.5 Å². The van der Waals surface area contributed by atoms with Crippen LogP contribution in [0.4, 0.5) is 0 Å². The molecule has 0 saturated heterocycles. The quantitative estimate of drug-likeness (QED) is 0.599. The number of carbonyl (C=O) groups is 1. The van der Waals surface area contributed by atoms with Gasteiger partial charge in [0.15, 0.2) is 0 Å². The molecule has 0 bridgehead atoms. The number of nitrogens with two attached hydrogens (primary N) is 1. The topological polar surface area (TPSA) is 52.3 Å². The van der Waals surface area contributed by atoms with Crippen LogP contribution >= 0.6 is 0 Å². The summed E-state index contributed by atoms with van der Waals surface area (Å²) in [6.45, 7) is 2.30. The zero-order chi connectivity index (χ0) is 8.27. The van der Waals surface area contributed by atoms with E-state index in [0.717, 1.165) is 19.3 Å². The van der Waals surface area contributed by atoms with Crippen LogP contribution in [0.15, 0.2) is 0 Å². The fourth-order valence-corrected chi connectivity index (χ4v) is 1.49. The van der Waals surface area contributed by atoms with Gasteiger partial charge < -0.3 is 10.5 Å². The molecule has 3 heteroatoms. The second-order valence-corrected chi connectivity index (χ2v) is 3.02. The summed E-state index contributed by atoms with van der Waals surface area (Å²) in [6, 6.07) is 0.212. The summed E-state index contributed by atoms with van der Waals surface area (Å²) in [4.78, 5) is 11.1. The van der Waals surface area contributed by atoms with Gasteiger partial charge in [0.25, 0.3) is 0 Å². The molecule has 2 N–H and O–H groups in total. The summed E-state index contributed by atoms with van der Waals surface area (Å²) in [5.74, 6) is 0.00500. The van der Waals surface area contributed by atoms with Gasteiger partial charge in [-0.3, -0.25) is 4.79 Å². The molecule has 1 fully saturated rings. The lowest BCUT2D eigenvalue weighted by Crippen LogP contribution is -2.19. The van der Waals surface area contributed by atoms with Crippen LogP contribution in [-0.2, 0) is 9.53 Å². The number of rotatable bonds is 2. The molecule has 1 aliphatic rings. The van der Waals surface area contributed by atoms with Crippen LogP contribution in [0.2, 0.25) is 0 Å². The van der Waals surface area contributed by atoms with Gasteiger partial charge in [-0.25, -0.2) is 0 Å². The fraction of sp³-hybridized carbons (Fsp3) is 0.875. The first-order valence-electron chi connectivity index (χ1n) is 4.16. The SMILES string of the molecule is CCOC(=O)[C@H]1CC[C@H](N)C1. The molecule has 0 aromatic carbocycles. The molecule has 1 aliphatic carbocycles. The van der Waals surface area contributed by atoms with Gasteiger partial charge in [0, 0.05) is 6.04 Å². The maximum atomic E-state index is 11.1. The van der Waals surface area contributed by atoms with Crippen LogP contribution in [0.1, 0.15) is 26.2 Å². The lowest BCUT2D eigenvalue weighted by Gasteiger charge is -2.07. The molecule has 0 amide bonds. The number of hydrogen-bond acceptors (Lipinski definition) is 3. The summed E-state index contributed by atoms with van der Waals surface area (Å²) >= 11 is 0. The molecule has 64 valence electrons. The third kappa shape index (κ3) is 2.19. The molecule has 1 saturated carbocycles. The minimum atomic E-state index is -0.0690. The summed E-state index contributed by atoms with van der Waals surface area (Å²) in [5.41, 5.74) is 5.65. The zero-order valence-electron chi connectivity index (χ0n) is 6.88. The van der Waals surface area contributed by atoms with Crippen molar-refractivity contribution in [1.82, 2.24) is 0 Å². The van der Waals surface area contributed by atoms with Crippen molar-refractivity contribution in [1.29, 1.82) is 0 Å².